The van der Waals surface area contributed by atoms with Crippen LogP contribution in [0.2, 0.25) is 5.02 Å². The molecular weight excluding hydrogens is 204 g/mol. The number of carbonyl (C=O) groups is 1. The molecule has 3 N–H and O–H groups in total. The highest BCUT2D eigenvalue weighted by Gasteiger charge is 2.13. The highest BCUT2D eigenvalue weighted by molar-refractivity contribution is 6.33. The van der Waals surface area contributed by atoms with Gasteiger partial charge >= 0.3 is 0 Å². The minimum absolute atomic E-state index is 0.103. The number of amides is 1. The van der Waals surface area contributed by atoms with Crippen LogP contribution in [-0.2, 0) is 0 Å². The second kappa shape index (κ2) is 4.88. The highest BCUT2D eigenvalue weighted by Crippen LogP contribution is 2.10. The molecule has 0 fully saturated rings. The Morgan fingerprint density at radius 1 is 1.79 bits per heavy atom. The Hall–Kier alpha value is -1.20. The Bertz CT molecular complexity index is 331. The first-order chi connectivity index (χ1) is 6.65. The summed E-state index contributed by atoms with van der Waals surface area (Å²) < 4.78 is 0. The van der Waals surface area contributed by atoms with Crippen molar-refractivity contribution in [2.75, 3.05) is 6.54 Å². The molecule has 0 bridgehead atoms. The minimum Gasteiger partial charge on any atom is -0.347 e. The zero-order chi connectivity index (χ0) is 10.6. The third kappa shape index (κ3) is 2.65. The molecule has 0 aromatic carbocycles. The monoisotopic (exact) mass is 214 g/mol. The topological polar surface area (TPSA) is 80.9 Å². The van der Waals surface area contributed by atoms with Crippen LogP contribution in [0.4, 0.5) is 0 Å². The highest BCUT2D eigenvalue weighted by atomic mass is 35.5. The molecule has 1 amide bonds. The summed E-state index contributed by atoms with van der Waals surface area (Å²) in [5, 5.41) is 2.88. The molecule has 1 aromatic heterocycles. The van der Waals surface area contributed by atoms with E-state index in [-0.39, 0.29) is 22.7 Å². The van der Waals surface area contributed by atoms with E-state index in [0.29, 0.717) is 6.54 Å². The van der Waals surface area contributed by atoms with Crippen LogP contribution in [0.25, 0.3) is 0 Å². The lowest BCUT2D eigenvalue weighted by Gasteiger charge is -2.10. The number of aromatic nitrogens is 2. The lowest BCUT2D eigenvalue weighted by atomic mass is 10.3. The molecule has 0 spiro atoms. The predicted molar refractivity (Wildman–Crippen MR) is 53.0 cm³/mol. The molecule has 1 aromatic rings. The van der Waals surface area contributed by atoms with Gasteiger partial charge in [0.25, 0.3) is 5.91 Å². The van der Waals surface area contributed by atoms with E-state index in [0.717, 1.165) is 0 Å². The first kappa shape index (κ1) is 10.9. The maximum absolute atomic E-state index is 11.5. The van der Waals surface area contributed by atoms with E-state index in [4.69, 9.17) is 17.3 Å². The van der Waals surface area contributed by atoms with Crippen molar-refractivity contribution in [2.24, 2.45) is 5.73 Å². The van der Waals surface area contributed by atoms with Crippen LogP contribution >= 0.6 is 11.6 Å². The number of hydrogen-bond donors (Lipinski definition) is 2. The van der Waals surface area contributed by atoms with Gasteiger partial charge in [-0.15, -0.1) is 0 Å². The second-order valence-corrected chi connectivity index (χ2v) is 3.24. The molecule has 0 aliphatic heterocycles. The van der Waals surface area contributed by atoms with Crippen LogP contribution in [-0.4, -0.2) is 28.5 Å². The minimum atomic E-state index is -0.338. The van der Waals surface area contributed by atoms with Crippen LogP contribution in [0.3, 0.4) is 0 Å². The standard InChI is InChI=1S/C8H11ClN4O/c1-5(2-10)13-8(14)7-6(9)3-11-4-12-7/h3-5H,2,10H2,1H3,(H,13,14)/t5-/m1/s1. The van der Waals surface area contributed by atoms with E-state index in [2.05, 4.69) is 15.3 Å². The Kier molecular flexibility index (Phi) is 3.79. The van der Waals surface area contributed by atoms with Crippen LogP contribution in [0.5, 0.6) is 0 Å². The molecule has 1 rings (SSSR count). The van der Waals surface area contributed by atoms with Crippen LogP contribution < -0.4 is 11.1 Å². The number of nitrogens with zero attached hydrogens (tertiary/aromatic N) is 2. The van der Waals surface area contributed by atoms with Crippen molar-refractivity contribution in [3.63, 3.8) is 0 Å². The lowest BCUT2D eigenvalue weighted by Crippen LogP contribution is -2.38. The van der Waals surface area contributed by atoms with E-state index in [1.54, 1.807) is 6.92 Å². The van der Waals surface area contributed by atoms with E-state index in [1.165, 1.54) is 12.5 Å². The predicted octanol–water partition coefficient (Wildman–Crippen LogP) is 0.207. The van der Waals surface area contributed by atoms with Crippen molar-refractivity contribution in [1.82, 2.24) is 15.3 Å². The van der Waals surface area contributed by atoms with Gasteiger partial charge in [0.1, 0.15) is 12.0 Å². The van der Waals surface area contributed by atoms with Crippen molar-refractivity contribution < 1.29 is 4.79 Å². The quantitative estimate of drug-likeness (QED) is 0.754. The number of rotatable bonds is 3. The molecular formula is C8H11ClN4O. The largest absolute Gasteiger partial charge is 0.347 e. The summed E-state index contributed by atoms with van der Waals surface area (Å²) in [4.78, 5) is 18.9. The zero-order valence-electron chi connectivity index (χ0n) is 7.70. The van der Waals surface area contributed by atoms with Gasteiger partial charge in [-0.2, -0.15) is 0 Å². The van der Waals surface area contributed by atoms with Crippen LogP contribution in [0, 0.1) is 0 Å². The number of halogens is 1. The van der Waals surface area contributed by atoms with Crippen LogP contribution in [0.1, 0.15) is 17.4 Å². The van der Waals surface area contributed by atoms with Gasteiger partial charge in [-0.1, -0.05) is 11.6 Å². The molecule has 0 unspecified atom stereocenters. The molecule has 0 saturated heterocycles. The Morgan fingerprint density at radius 2 is 2.50 bits per heavy atom. The van der Waals surface area contributed by atoms with E-state index >= 15 is 0 Å². The summed E-state index contributed by atoms with van der Waals surface area (Å²) in [6.45, 7) is 2.17. The fraction of sp³-hybridized carbons (Fsp3) is 0.375. The second-order valence-electron chi connectivity index (χ2n) is 2.83. The first-order valence-corrected chi connectivity index (χ1v) is 4.49. The lowest BCUT2D eigenvalue weighted by molar-refractivity contribution is 0.0936. The normalized spacial score (nSPS) is 12.2. The smallest absolute Gasteiger partial charge is 0.271 e. The molecule has 76 valence electrons. The van der Waals surface area contributed by atoms with E-state index < -0.39 is 0 Å². The van der Waals surface area contributed by atoms with Crippen molar-refractivity contribution in [2.45, 2.75) is 13.0 Å². The molecule has 0 aliphatic rings. The van der Waals surface area contributed by atoms with Gasteiger partial charge in [0.05, 0.1) is 5.02 Å². The third-order valence-corrected chi connectivity index (χ3v) is 1.89. The number of hydrogen-bond acceptors (Lipinski definition) is 4. The van der Waals surface area contributed by atoms with Crippen molar-refractivity contribution in [3.05, 3.63) is 23.2 Å². The average Bonchev–Trinajstić information content (AvgIpc) is 2.18. The van der Waals surface area contributed by atoms with Gasteiger partial charge in [0.15, 0.2) is 0 Å². The summed E-state index contributed by atoms with van der Waals surface area (Å²) in [5.74, 6) is -0.338. The zero-order valence-corrected chi connectivity index (χ0v) is 8.45. The van der Waals surface area contributed by atoms with Gasteiger partial charge in [0.2, 0.25) is 0 Å². The molecule has 1 atom stereocenters. The summed E-state index contributed by atoms with van der Waals surface area (Å²) in [5.41, 5.74) is 5.52. The maximum Gasteiger partial charge on any atom is 0.271 e. The number of nitrogens with two attached hydrogens (primary N) is 1. The molecule has 0 aliphatic carbocycles. The van der Waals surface area contributed by atoms with Gasteiger partial charge in [-0.05, 0) is 6.92 Å². The average molecular weight is 215 g/mol. The Morgan fingerprint density at radius 3 is 3.07 bits per heavy atom. The summed E-state index contributed by atoms with van der Waals surface area (Å²) in [6, 6.07) is -0.103. The fourth-order valence-corrected chi connectivity index (χ4v) is 1.02. The summed E-state index contributed by atoms with van der Waals surface area (Å²) >= 11 is 5.73. The van der Waals surface area contributed by atoms with Crippen molar-refractivity contribution in [1.29, 1.82) is 0 Å². The molecule has 1 heterocycles. The van der Waals surface area contributed by atoms with Gasteiger partial charge < -0.3 is 11.1 Å². The summed E-state index contributed by atoms with van der Waals surface area (Å²) in [7, 11) is 0. The first-order valence-electron chi connectivity index (χ1n) is 4.11. The Balaban J connectivity index is 2.75. The SMILES string of the molecule is C[C@H](CN)NC(=O)c1ncncc1Cl. The molecule has 14 heavy (non-hydrogen) atoms. The van der Waals surface area contributed by atoms with Gasteiger partial charge in [-0.25, -0.2) is 9.97 Å². The maximum atomic E-state index is 11.5. The van der Waals surface area contributed by atoms with E-state index in [9.17, 15) is 4.79 Å². The van der Waals surface area contributed by atoms with Crippen molar-refractivity contribution in [3.8, 4) is 0 Å². The molecule has 0 radical (unpaired) electrons. The molecule has 6 heteroatoms. The van der Waals surface area contributed by atoms with E-state index in [1.807, 2.05) is 0 Å². The van der Waals surface area contributed by atoms with Gasteiger partial charge in [0, 0.05) is 18.8 Å². The fourth-order valence-electron chi connectivity index (χ4n) is 0.831. The number of carbonyl (C=O) groups excluding carboxylic acids is 1. The summed E-state index contributed by atoms with van der Waals surface area (Å²) in [6.07, 6.45) is 2.64. The number of nitrogens with one attached hydrogen (secondary N) is 1. The molecule has 0 saturated carbocycles. The molecule has 5 nitrogen and oxygen atoms in total. The third-order valence-electron chi connectivity index (χ3n) is 1.61. The van der Waals surface area contributed by atoms with Crippen molar-refractivity contribution >= 4 is 17.5 Å². The van der Waals surface area contributed by atoms with Crippen LogP contribution in [0.15, 0.2) is 12.5 Å². The Labute approximate surface area is 86.7 Å². The van der Waals surface area contributed by atoms with Gasteiger partial charge in [-0.3, -0.25) is 4.79 Å².